The second-order valence-corrected chi connectivity index (χ2v) is 3.85. The number of nitrogens with two attached hydrogens (primary N) is 1. The van der Waals surface area contributed by atoms with Crippen LogP contribution in [0.25, 0.3) is 0 Å². The summed E-state index contributed by atoms with van der Waals surface area (Å²) in [4.78, 5) is 4.24. The lowest BCUT2D eigenvalue weighted by molar-refractivity contribution is 0.414. The van der Waals surface area contributed by atoms with Gasteiger partial charge in [-0.25, -0.2) is 4.99 Å². The largest absolute Gasteiger partial charge is 0.497 e. The summed E-state index contributed by atoms with van der Waals surface area (Å²) in [7, 11) is 1.65. The normalized spacial score (nSPS) is 11.6. The SMILES string of the molecule is COc1cccc(CN=C(N)NC(C)C)c1. The Labute approximate surface area is 96.5 Å². The molecule has 0 aromatic heterocycles. The summed E-state index contributed by atoms with van der Waals surface area (Å²) in [6.07, 6.45) is 0. The van der Waals surface area contributed by atoms with E-state index in [9.17, 15) is 0 Å². The van der Waals surface area contributed by atoms with Crippen molar-refractivity contribution >= 4 is 5.96 Å². The fourth-order valence-electron chi connectivity index (χ4n) is 1.29. The maximum atomic E-state index is 5.70. The predicted molar refractivity (Wildman–Crippen MR) is 66.6 cm³/mol. The van der Waals surface area contributed by atoms with E-state index in [4.69, 9.17) is 10.5 Å². The molecule has 0 aliphatic rings. The summed E-state index contributed by atoms with van der Waals surface area (Å²) in [6.45, 7) is 4.60. The summed E-state index contributed by atoms with van der Waals surface area (Å²) in [5, 5.41) is 3.04. The molecule has 0 radical (unpaired) electrons. The highest BCUT2D eigenvalue weighted by Gasteiger charge is 1.97. The second-order valence-electron chi connectivity index (χ2n) is 3.85. The van der Waals surface area contributed by atoms with Crippen LogP contribution in [0, 0.1) is 0 Å². The average Bonchev–Trinajstić information content (AvgIpc) is 2.26. The van der Waals surface area contributed by atoms with Crippen LogP contribution in [0.4, 0.5) is 0 Å². The Morgan fingerprint density at radius 3 is 2.88 bits per heavy atom. The standard InChI is InChI=1S/C12H19N3O/c1-9(2)15-12(13)14-8-10-5-4-6-11(7-10)16-3/h4-7,9H,8H2,1-3H3,(H3,13,14,15). The van der Waals surface area contributed by atoms with Gasteiger partial charge in [0.2, 0.25) is 0 Å². The van der Waals surface area contributed by atoms with E-state index in [0.717, 1.165) is 11.3 Å². The number of rotatable bonds is 4. The molecule has 1 aromatic rings. The minimum Gasteiger partial charge on any atom is -0.497 e. The number of hydrogen-bond acceptors (Lipinski definition) is 2. The van der Waals surface area contributed by atoms with Gasteiger partial charge in [-0.2, -0.15) is 0 Å². The van der Waals surface area contributed by atoms with Gasteiger partial charge in [-0.3, -0.25) is 0 Å². The Balaban J connectivity index is 2.59. The van der Waals surface area contributed by atoms with Crippen LogP contribution in [0.2, 0.25) is 0 Å². The molecule has 0 saturated heterocycles. The smallest absolute Gasteiger partial charge is 0.189 e. The number of ether oxygens (including phenoxy) is 1. The Hall–Kier alpha value is -1.71. The lowest BCUT2D eigenvalue weighted by Crippen LogP contribution is -2.36. The molecule has 1 rings (SSSR count). The van der Waals surface area contributed by atoms with Gasteiger partial charge in [0.05, 0.1) is 13.7 Å². The van der Waals surface area contributed by atoms with E-state index in [1.807, 2.05) is 38.1 Å². The van der Waals surface area contributed by atoms with Gasteiger partial charge in [0, 0.05) is 6.04 Å². The Bertz CT molecular complexity index is 361. The molecule has 88 valence electrons. The first-order valence-corrected chi connectivity index (χ1v) is 5.31. The van der Waals surface area contributed by atoms with Gasteiger partial charge >= 0.3 is 0 Å². The van der Waals surface area contributed by atoms with Crippen LogP contribution < -0.4 is 15.8 Å². The fourth-order valence-corrected chi connectivity index (χ4v) is 1.29. The molecule has 4 heteroatoms. The van der Waals surface area contributed by atoms with Crippen LogP contribution in [0.1, 0.15) is 19.4 Å². The summed E-state index contributed by atoms with van der Waals surface area (Å²) < 4.78 is 5.13. The highest BCUT2D eigenvalue weighted by molar-refractivity contribution is 5.78. The number of nitrogens with one attached hydrogen (secondary N) is 1. The van der Waals surface area contributed by atoms with Gasteiger partial charge in [-0.1, -0.05) is 12.1 Å². The van der Waals surface area contributed by atoms with Crippen molar-refractivity contribution < 1.29 is 4.74 Å². The van der Waals surface area contributed by atoms with Crippen LogP contribution in [0.15, 0.2) is 29.3 Å². The highest BCUT2D eigenvalue weighted by atomic mass is 16.5. The molecule has 0 aliphatic carbocycles. The van der Waals surface area contributed by atoms with Gasteiger partial charge in [-0.15, -0.1) is 0 Å². The number of methoxy groups -OCH3 is 1. The first-order chi connectivity index (χ1) is 7.61. The first-order valence-electron chi connectivity index (χ1n) is 5.31. The number of nitrogens with zero attached hydrogens (tertiary/aromatic N) is 1. The molecule has 0 bridgehead atoms. The Kier molecular flexibility index (Phi) is 4.64. The number of hydrogen-bond donors (Lipinski definition) is 2. The molecule has 1 aromatic carbocycles. The molecule has 0 fully saturated rings. The van der Waals surface area contributed by atoms with E-state index >= 15 is 0 Å². The van der Waals surface area contributed by atoms with Crippen LogP contribution in [0.3, 0.4) is 0 Å². The maximum Gasteiger partial charge on any atom is 0.189 e. The lowest BCUT2D eigenvalue weighted by Gasteiger charge is -2.08. The quantitative estimate of drug-likeness (QED) is 0.598. The molecule has 4 nitrogen and oxygen atoms in total. The zero-order valence-corrected chi connectivity index (χ0v) is 10.0. The third-order valence-corrected chi connectivity index (χ3v) is 2.00. The van der Waals surface area contributed by atoms with E-state index < -0.39 is 0 Å². The fraction of sp³-hybridized carbons (Fsp3) is 0.417. The van der Waals surface area contributed by atoms with E-state index in [1.54, 1.807) is 7.11 Å². The van der Waals surface area contributed by atoms with E-state index in [-0.39, 0.29) is 0 Å². The highest BCUT2D eigenvalue weighted by Crippen LogP contribution is 2.12. The number of benzene rings is 1. The summed E-state index contributed by atoms with van der Waals surface area (Å²) in [5.41, 5.74) is 6.78. The second kappa shape index (κ2) is 6.00. The third-order valence-electron chi connectivity index (χ3n) is 2.00. The molecule has 0 heterocycles. The maximum absolute atomic E-state index is 5.70. The molecule has 0 saturated carbocycles. The minimum absolute atomic E-state index is 0.300. The first kappa shape index (κ1) is 12.4. The third kappa shape index (κ3) is 4.21. The molecular weight excluding hydrogens is 202 g/mol. The molecule has 16 heavy (non-hydrogen) atoms. The molecule has 0 unspecified atom stereocenters. The minimum atomic E-state index is 0.300. The topological polar surface area (TPSA) is 59.6 Å². The van der Waals surface area contributed by atoms with Crippen LogP contribution in [-0.4, -0.2) is 19.1 Å². The Morgan fingerprint density at radius 1 is 1.50 bits per heavy atom. The monoisotopic (exact) mass is 221 g/mol. The van der Waals surface area contributed by atoms with Gasteiger partial charge in [0.25, 0.3) is 0 Å². The predicted octanol–water partition coefficient (Wildman–Crippen LogP) is 1.51. The summed E-state index contributed by atoms with van der Waals surface area (Å²) in [5.74, 6) is 1.31. The molecule has 0 amide bonds. The molecule has 0 aliphatic heterocycles. The zero-order chi connectivity index (χ0) is 12.0. The van der Waals surface area contributed by atoms with E-state index in [0.29, 0.717) is 18.5 Å². The molecule has 0 spiro atoms. The number of guanidine groups is 1. The number of aliphatic imine (C=N–C) groups is 1. The van der Waals surface area contributed by atoms with Crippen molar-refractivity contribution in [1.82, 2.24) is 5.32 Å². The average molecular weight is 221 g/mol. The van der Waals surface area contributed by atoms with Gasteiger partial charge < -0.3 is 15.8 Å². The van der Waals surface area contributed by atoms with Crippen molar-refractivity contribution in [3.63, 3.8) is 0 Å². The summed E-state index contributed by atoms with van der Waals surface area (Å²) >= 11 is 0. The van der Waals surface area contributed by atoms with Crippen molar-refractivity contribution in [3.05, 3.63) is 29.8 Å². The van der Waals surface area contributed by atoms with Crippen molar-refractivity contribution in [3.8, 4) is 5.75 Å². The van der Waals surface area contributed by atoms with Gasteiger partial charge in [0.15, 0.2) is 5.96 Å². The van der Waals surface area contributed by atoms with E-state index in [1.165, 1.54) is 0 Å². The Morgan fingerprint density at radius 2 is 2.25 bits per heavy atom. The van der Waals surface area contributed by atoms with Crippen molar-refractivity contribution in [2.75, 3.05) is 7.11 Å². The summed E-state index contributed by atoms with van der Waals surface area (Å²) in [6, 6.07) is 8.09. The molecular formula is C12H19N3O. The molecule has 3 N–H and O–H groups in total. The van der Waals surface area contributed by atoms with Gasteiger partial charge in [-0.05, 0) is 31.5 Å². The van der Waals surface area contributed by atoms with Crippen LogP contribution in [-0.2, 0) is 6.54 Å². The van der Waals surface area contributed by atoms with Crippen LogP contribution >= 0.6 is 0 Å². The molecule has 0 atom stereocenters. The lowest BCUT2D eigenvalue weighted by atomic mass is 10.2. The van der Waals surface area contributed by atoms with Crippen LogP contribution in [0.5, 0.6) is 5.75 Å². The van der Waals surface area contributed by atoms with E-state index in [2.05, 4.69) is 10.3 Å². The van der Waals surface area contributed by atoms with Crippen molar-refractivity contribution in [1.29, 1.82) is 0 Å². The van der Waals surface area contributed by atoms with Crippen molar-refractivity contribution in [2.45, 2.75) is 26.4 Å². The zero-order valence-electron chi connectivity index (χ0n) is 10.0. The van der Waals surface area contributed by atoms with Crippen molar-refractivity contribution in [2.24, 2.45) is 10.7 Å². The van der Waals surface area contributed by atoms with Gasteiger partial charge in [0.1, 0.15) is 5.75 Å².